The maximum absolute atomic E-state index is 12.5. The van der Waals surface area contributed by atoms with E-state index in [1.54, 1.807) is 0 Å². The second kappa shape index (κ2) is 9.16. The van der Waals surface area contributed by atoms with Gasteiger partial charge in [0.05, 0.1) is 11.4 Å². The van der Waals surface area contributed by atoms with Crippen molar-refractivity contribution in [2.24, 2.45) is 0 Å². The highest BCUT2D eigenvalue weighted by Crippen LogP contribution is 2.17. The third-order valence-electron chi connectivity index (χ3n) is 4.00. The van der Waals surface area contributed by atoms with Gasteiger partial charge in [-0.3, -0.25) is 4.79 Å². The zero-order valence-corrected chi connectivity index (χ0v) is 16.4. The molecule has 1 N–H and O–H groups in total. The molecule has 0 bridgehead atoms. The van der Waals surface area contributed by atoms with E-state index < -0.39 is 10.0 Å². The molecule has 140 valence electrons. The van der Waals surface area contributed by atoms with Crippen LogP contribution in [0, 0.1) is 0 Å². The van der Waals surface area contributed by atoms with Crippen molar-refractivity contribution >= 4 is 27.5 Å². The fourth-order valence-electron chi connectivity index (χ4n) is 2.49. The number of nitrogens with zero attached hydrogens (tertiary/aromatic N) is 1. The Morgan fingerprint density at radius 3 is 2.35 bits per heavy atom. The van der Waals surface area contributed by atoms with Crippen molar-refractivity contribution in [3.8, 4) is 0 Å². The number of nitrogens with one attached hydrogen (secondary N) is 1. The number of halogens is 1. The van der Waals surface area contributed by atoms with Crippen molar-refractivity contribution in [3.63, 3.8) is 0 Å². The lowest BCUT2D eigenvalue weighted by atomic mass is 10.1. The lowest BCUT2D eigenvalue weighted by Gasteiger charge is -2.19. The molecule has 1 atom stereocenters. The number of sulfonamides is 1. The van der Waals surface area contributed by atoms with Crippen LogP contribution in [-0.4, -0.2) is 38.3 Å². The van der Waals surface area contributed by atoms with E-state index >= 15 is 0 Å². The van der Waals surface area contributed by atoms with Crippen LogP contribution in [0.5, 0.6) is 0 Å². The van der Waals surface area contributed by atoms with Crippen LogP contribution in [0.25, 0.3) is 0 Å². The molecule has 0 saturated heterocycles. The maximum Gasteiger partial charge on any atom is 0.243 e. The van der Waals surface area contributed by atoms with Crippen molar-refractivity contribution in [1.29, 1.82) is 0 Å². The van der Waals surface area contributed by atoms with Gasteiger partial charge in [0.2, 0.25) is 15.9 Å². The lowest BCUT2D eigenvalue weighted by Crippen LogP contribution is -2.41. The molecule has 1 amide bonds. The summed E-state index contributed by atoms with van der Waals surface area (Å²) in [5, 5.41) is 3.30. The summed E-state index contributed by atoms with van der Waals surface area (Å²) in [5.41, 5.74) is 1.20. The number of carbonyl (C=O) groups is 1. The van der Waals surface area contributed by atoms with Crippen molar-refractivity contribution in [1.82, 2.24) is 9.62 Å². The van der Waals surface area contributed by atoms with Crippen LogP contribution >= 0.6 is 11.6 Å². The van der Waals surface area contributed by atoms with Crippen molar-refractivity contribution < 1.29 is 13.2 Å². The van der Waals surface area contributed by atoms with E-state index in [1.165, 1.54) is 36.9 Å². The topological polar surface area (TPSA) is 66.5 Å². The van der Waals surface area contributed by atoms with Crippen LogP contribution in [0.2, 0.25) is 5.02 Å². The lowest BCUT2D eigenvalue weighted by molar-refractivity contribution is -0.121. The molecule has 2 aromatic rings. The highest BCUT2D eigenvalue weighted by molar-refractivity contribution is 7.89. The minimum Gasteiger partial charge on any atom is -0.352 e. The van der Waals surface area contributed by atoms with Gasteiger partial charge in [0, 0.05) is 18.1 Å². The molecule has 0 fully saturated rings. The van der Waals surface area contributed by atoms with Crippen LogP contribution in [0.1, 0.15) is 18.9 Å². The molecule has 0 aliphatic heterocycles. The number of hydrogen-bond acceptors (Lipinski definition) is 3. The molecular formula is C19H23ClN2O3S. The third kappa shape index (κ3) is 5.83. The number of benzene rings is 2. The van der Waals surface area contributed by atoms with Crippen LogP contribution in [-0.2, 0) is 21.2 Å². The average molecular weight is 395 g/mol. The number of amides is 1. The first-order chi connectivity index (χ1) is 12.3. The second-order valence-electron chi connectivity index (χ2n) is 6.21. The Morgan fingerprint density at radius 2 is 1.73 bits per heavy atom. The zero-order valence-electron chi connectivity index (χ0n) is 14.9. The van der Waals surface area contributed by atoms with Gasteiger partial charge in [-0.25, -0.2) is 8.42 Å². The van der Waals surface area contributed by atoms with Gasteiger partial charge < -0.3 is 5.32 Å². The number of hydrogen-bond donors (Lipinski definition) is 1. The average Bonchev–Trinajstić information content (AvgIpc) is 2.61. The van der Waals surface area contributed by atoms with Gasteiger partial charge >= 0.3 is 0 Å². The summed E-state index contributed by atoms with van der Waals surface area (Å²) in [6, 6.07) is 15.8. The molecule has 26 heavy (non-hydrogen) atoms. The molecule has 0 unspecified atom stereocenters. The van der Waals surface area contributed by atoms with E-state index in [1.807, 2.05) is 37.3 Å². The first-order valence-electron chi connectivity index (χ1n) is 8.34. The van der Waals surface area contributed by atoms with E-state index in [9.17, 15) is 13.2 Å². The predicted molar refractivity (Wildman–Crippen MR) is 104 cm³/mol. The fraction of sp³-hybridized carbons (Fsp3) is 0.316. The maximum atomic E-state index is 12.5. The van der Waals surface area contributed by atoms with Crippen LogP contribution in [0.4, 0.5) is 0 Å². The Balaban J connectivity index is 1.86. The molecule has 0 heterocycles. The molecule has 5 nitrogen and oxygen atoms in total. The second-order valence-corrected chi connectivity index (χ2v) is 8.69. The van der Waals surface area contributed by atoms with Gasteiger partial charge in [-0.2, -0.15) is 4.31 Å². The molecule has 0 aliphatic carbocycles. The zero-order chi connectivity index (χ0) is 19.2. The van der Waals surface area contributed by atoms with Crippen LogP contribution < -0.4 is 5.32 Å². The smallest absolute Gasteiger partial charge is 0.243 e. The SMILES string of the molecule is C[C@H](CCc1ccccc1)NC(=O)CN(C)S(=O)(=O)c1ccc(Cl)cc1. The van der Waals surface area contributed by atoms with E-state index in [2.05, 4.69) is 5.32 Å². The standard InChI is InChI=1S/C19H23ClN2O3S/c1-15(8-9-16-6-4-3-5-7-16)21-19(23)14-22(2)26(24,25)18-12-10-17(20)11-13-18/h3-7,10-13,15H,8-9,14H2,1-2H3,(H,21,23)/t15-/m1/s1. The summed E-state index contributed by atoms with van der Waals surface area (Å²) in [6.07, 6.45) is 1.63. The monoisotopic (exact) mass is 394 g/mol. The normalized spacial score (nSPS) is 12.8. The number of rotatable bonds is 8. The van der Waals surface area contributed by atoms with Gasteiger partial charge in [0.1, 0.15) is 0 Å². The Hall–Kier alpha value is -1.89. The fourth-order valence-corrected chi connectivity index (χ4v) is 3.75. The molecule has 2 aromatic carbocycles. The number of carbonyl (C=O) groups excluding carboxylic acids is 1. The largest absolute Gasteiger partial charge is 0.352 e. The van der Waals surface area contributed by atoms with E-state index in [0.29, 0.717) is 5.02 Å². The quantitative estimate of drug-likeness (QED) is 0.748. The van der Waals surface area contributed by atoms with Gasteiger partial charge in [-0.05, 0) is 49.6 Å². The third-order valence-corrected chi connectivity index (χ3v) is 6.07. The summed E-state index contributed by atoms with van der Waals surface area (Å²) in [5.74, 6) is -0.328. The molecular weight excluding hydrogens is 372 g/mol. The van der Waals surface area contributed by atoms with E-state index in [4.69, 9.17) is 11.6 Å². The summed E-state index contributed by atoms with van der Waals surface area (Å²) >= 11 is 5.78. The van der Waals surface area contributed by atoms with Gasteiger partial charge in [0.25, 0.3) is 0 Å². The summed E-state index contributed by atoms with van der Waals surface area (Å²) in [4.78, 5) is 12.3. The first-order valence-corrected chi connectivity index (χ1v) is 10.2. The molecule has 7 heteroatoms. The predicted octanol–water partition coefficient (Wildman–Crippen LogP) is 3.10. The Kier molecular flexibility index (Phi) is 7.20. The summed E-state index contributed by atoms with van der Waals surface area (Å²) in [7, 11) is -2.34. The minimum absolute atomic E-state index is 0.0469. The Bertz CT molecular complexity index is 824. The van der Waals surface area contributed by atoms with Gasteiger partial charge in [-0.1, -0.05) is 41.9 Å². The Labute approximate surface area is 160 Å². The Morgan fingerprint density at radius 1 is 1.12 bits per heavy atom. The minimum atomic E-state index is -3.73. The molecule has 0 spiro atoms. The molecule has 0 saturated carbocycles. The van der Waals surface area contributed by atoms with Gasteiger partial charge in [-0.15, -0.1) is 0 Å². The highest BCUT2D eigenvalue weighted by Gasteiger charge is 2.23. The molecule has 0 aromatic heterocycles. The molecule has 0 radical (unpaired) electrons. The summed E-state index contributed by atoms with van der Waals surface area (Å²) < 4.78 is 26.0. The van der Waals surface area contributed by atoms with Crippen LogP contribution in [0.3, 0.4) is 0 Å². The van der Waals surface area contributed by atoms with Crippen molar-refractivity contribution in [2.75, 3.05) is 13.6 Å². The number of aryl methyl sites for hydroxylation is 1. The van der Waals surface area contributed by atoms with Crippen molar-refractivity contribution in [2.45, 2.75) is 30.7 Å². The molecule has 2 rings (SSSR count). The van der Waals surface area contributed by atoms with Gasteiger partial charge in [0.15, 0.2) is 0 Å². The van der Waals surface area contributed by atoms with Crippen LogP contribution in [0.15, 0.2) is 59.5 Å². The number of likely N-dealkylation sites (N-methyl/N-ethyl adjacent to an activating group) is 1. The summed E-state index contributed by atoms with van der Waals surface area (Å²) in [6.45, 7) is 1.68. The van der Waals surface area contributed by atoms with E-state index in [0.717, 1.165) is 17.1 Å². The highest BCUT2D eigenvalue weighted by atomic mass is 35.5. The molecule has 0 aliphatic rings. The first kappa shape index (κ1) is 20.4. The van der Waals surface area contributed by atoms with E-state index in [-0.39, 0.29) is 23.4 Å². The van der Waals surface area contributed by atoms with Crippen molar-refractivity contribution in [3.05, 3.63) is 65.2 Å².